The van der Waals surface area contributed by atoms with Crippen LogP contribution in [-0.2, 0) is 10.9 Å². The fourth-order valence-electron chi connectivity index (χ4n) is 3.01. The number of pyridine rings is 1. The lowest BCUT2D eigenvalue weighted by molar-refractivity contribution is -0.137. The fraction of sp³-hybridized carbons (Fsp3) is 0.667. The highest BCUT2D eigenvalue weighted by Gasteiger charge is 2.35. The van der Waals surface area contributed by atoms with Crippen molar-refractivity contribution >= 4 is 35.8 Å². The fourth-order valence-corrected chi connectivity index (χ4v) is 3.01. The number of nitrogens with one attached hydrogen (secondary N) is 3. The van der Waals surface area contributed by atoms with Gasteiger partial charge in [0, 0.05) is 44.5 Å². The van der Waals surface area contributed by atoms with Gasteiger partial charge in [0.25, 0.3) is 0 Å². The van der Waals surface area contributed by atoms with Gasteiger partial charge in [-0.1, -0.05) is 0 Å². The van der Waals surface area contributed by atoms with Crippen molar-refractivity contribution in [3.05, 3.63) is 23.9 Å². The Bertz CT molecular complexity index is 640. The van der Waals surface area contributed by atoms with Crippen LogP contribution in [0.25, 0.3) is 0 Å². The lowest BCUT2D eigenvalue weighted by Crippen LogP contribution is -2.41. The van der Waals surface area contributed by atoms with E-state index in [1.807, 2.05) is 6.92 Å². The van der Waals surface area contributed by atoms with Gasteiger partial charge in [0.2, 0.25) is 0 Å². The Morgan fingerprint density at radius 2 is 2.14 bits per heavy atom. The minimum atomic E-state index is -4.45. The van der Waals surface area contributed by atoms with Gasteiger partial charge in [-0.2, -0.15) is 13.2 Å². The molecule has 166 valence electrons. The van der Waals surface area contributed by atoms with Gasteiger partial charge in [-0.05, 0) is 31.9 Å². The molecule has 1 atom stereocenters. The molecule has 1 unspecified atom stereocenters. The summed E-state index contributed by atoms with van der Waals surface area (Å²) in [5.74, 6) is 0.384. The largest absolute Gasteiger partial charge is 0.419 e. The molecule has 0 aliphatic carbocycles. The van der Waals surface area contributed by atoms with Crippen molar-refractivity contribution in [3.63, 3.8) is 0 Å². The molecule has 1 saturated heterocycles. The molecule has 0 spiro atoms. The van der Waals surface area contributed by atoms with Crippen molar-refractivity contribution in [2.24, 2.45) is 10.4 Å². The molecule has 0 bridgehead atoms. The van der Waals surface area contributed by atoms with E-state index in [0.29, 0.717) is 45.2 Å². The molecule has 1 aromatic rings. The summed E-state index contributed by atoms with van der Waals surface area (Å²) in [5, 5.41) is 18.2. The van der Waals surface area contributed by atoms with Gasteiger partial charge in [-0.15, -0.1) is 24.0 Å². The number of halogens is 4. The van der Waals surface area contributed by atoms with E-state index < -0.39 is 11.7 Å². The third-order valence-electron chi connectivity index (χ3n) is 4.57. The Hall–Kier alpha value is -1.34. The number of hydrogen-bond donors (Lipinski definition) is 4. The lowest BCUT2D eigenvalue weighted by Gasteiger charge is -2.24. The molecule has 2 heterocycles. The zero-order valence-corrected chi connectivity index (χ0v) is 18.7. The minimum Gasteiger partial charge on any atom is -0.396 e. The predicted molar refractivity (Wildman–Crippen MR) is 117 cm³/mol. The molecule has 0 saturated carbocycles. The van der Waals surface area contributed by atoms with Crippen LogP contribution in [0.1, 0.15) is 25.3 Å². The number of aliphatic hydroxyl groups is 1. The van der Waals surface area contributed by atoms with E-state index in [1.165, 1.54) is 12.3 Å². The van der Waals surface area contributed by atoms with Crippen LogP contribution in [0.15, 0.2) is 23.3 Å². The number of rotatable bonds is 9. The molecule has 2 rings (SSSR count). The zero-order valence-electron chi connectivity index (χ0n) is 16.4. The van der Waals surface area contributed by atoms with Gasteiger partial charge < -0.3 is 25.8 Å². The summed E-state index contributed by atoms with van der Waals surface area (Å²) in [6, 6.07) is 2.26. The predicted octanol–water partition coefficient (Wildman–Crippen LogP) is 2.47. The van der Waals surface area contributed by atoms with E-state index >= 15 is 0 Å². The Labute approximate surface area is 185 Å². The second-order valence-corrected chi connectivity index (χ2v) is 6.72. The number of aliphatic hydroxyl groups excluding tert-OH is 1. The van der Waals surface area contributed by atoms with Crippen LogP contribution < -0.4 is 16.0 Å². The van der Waals surface area contributed by atoms with Crippen molar-refractivity contribution in [2.45, 2.75) is 25.9 Å². The smallest absolute Gasteiger partial charge is 0.396 e. The first-order chi connectivity index (χ1) is 13.4. The van der Waals surface area contributed by atoms with Crippen LogP contribution in [0.4, 0.5) is 19.0 Å². The summed E-state index contributed by atoms with van der Waals surface area (Å²) in [5.41, 5.74) is -0.951. The van der Waals surface area contributed by atoms with Gasteiger partial charge in [-0.3, -0.25) is 4.99 Å². The normalized spacial score (nSPS) is 19.6. The molecule has 1 aliphatic heterocycles. The van der Waals surface area contributed by atoms with Crippen LogP contribution in [0.5, 0.6) is 0 Å². The molecule has 11 heteroatoms. The Morgan fingerprint density at radius 1 is 1.34 bits per heavy atom. The number of alkyl halides is 3. The maximum atomic E-state index is 13.0. The van der Waals surface area contributed by atoms with E-state index in [0.717, 1.165) is 12.5 Å². The number of guanidine groups is 1. The highest BCUT2D eigenvalue weighted by molar-refractivity contribution is 14.0. The number of nitrogens with zero attached hydrogens (tertiary/aromatic N) is 2. The highest BCUT2D eigenvalue weighted by Crippen LogP contribution is 2.33. The summed E-state index contributed by atoms with van der Waals surface area (Å²) in [6.07, 6.45) is -1.67. The van der Waals surface area contributed by atoms with Gasteiger partial charge in [0.15, 0.2) is 5.96 Å². The number of anilines is 1. The van der Waals surface area contributed by atoms with Crippen molar-refractivity contribution in [1.82, 2.24) is 15.6 Å². The van der Waals surface area contributed by atoms with Crippen molar-refractivity contribution in [2.75, 3.05) is 51.3 Å². The summed E-state index contributed by atoms with van der Waals surface area (Å²) in [7, 11) is 0. The second-order valence-electron chi connectivity index (χ2n) is 6.72. The average molecular weight is 531 g/mol. The van der Waals surface area contributed by atoms with Crippen LogP contribution in [-0.4, -0.2) is 62.0 Å². The number of aliphatic imine (C=N–C) groups is 1. The van der Waals surface area contributed by atoms with Gasteiger partial charge in [0.1, 0.15) is 5.82 Å². The van der Waals surface area contributed by atoms with Crippen molar-refractivity contribution < 1.29 is 23.0 Å². The first-order valence-corrected chi connectivity index (χ1v) is 9.37. The van der Waals surface area contributed by atoms with Crippen LogP contribution >= 0.6 is 24.0 Å². The van der Waals surface area contributed by atoms with Gasteiger partial charge in [-0.25, -0.2) is 4.98 Å². The van der Waals surface area contributed by atoms with E-state index in [2.05, 4.69) is 25.9 Å². The van der Waals surface area contributed by atoms with Gasteiger partial charge in [0.05, 0.1) is 18.7 Å². The molecule has 1 aromatic heterocycles. The SMILES string of the molecule is CCNC(=NCC1(CCO)CCOC1)NCCNc1ncccc1C(F)(F)F.I. The maximum Gasteiger partial charge on any atom is 0.419 e. The molecule has 0 radical (unpaired) electrons. The summed E-state index contributed by atoms with van der Waals surface area (Å²) >= 11 is 0. The molecule has 0 aromatic carbocycles. The number of hydrogen-bond acceptors (Lipinski definition) is 5. The van der Waals surface area contributed by atoms with Crippen LogP contribution in [0.2, 0.25) is 0 Å². The lowest BCUT2D eigenvalue weighted by atomic mass is 9.84. The minimum absolute atomic E-state index is 0. The first kappa shape index (κ1) is 25.7. The van der Waals surface area contributed by atoms with Crippen LogP contribution in [0, 0.1) is 5.41 Å². The molecular formula is C18H29F3IN5O2. The first-order valence-electron chi connectivity index (χ1n) is 9.37. The van der Waals surface area contributed by atoms with E-state index in [-0.39, 0.29) is 48.4 Å². The summed E-state index contributed by atoms with van der Waals surface area (Å²) < 4.78 is 44.4. The topological polar surface area (TPSA) is 90.8 Å². The van der Waals surface area contributed by atoms with Crippen LogP contribution in [0.3, 0.4) is 0 Å². The molecule has 4 N–H and O–H groups in total. The Balaban J connectivity index is 0.00000420. The monoisotopic (exact) mass is 531 g/mol. The third kappa shape index (κ3) is 8.13. The molecule has 29 heavy (non-hydrogen) atoms. The molecule has 1 fully saturated rings. The molecule has 7 nitrogen and oxygen atoms in total. The molecule has 1 aliphatic rings. The second kappa shape index (κ2) is 12.4. The van der Waals surface area contributed by atoms with E-state index in [9.17, 15) is 18.3 Å². The van der Waals surface area contributed by atoms with E-state index in [4.69, 9.17) is 4.74 Å². The van der Waals surface area contributed by atoms with Gasteiger partial charge >= 0.3 is 6.18 Å². The molecular weight excluding hydrogens is 502 g/mol. The summed E-state index contributed by atoms with van der Waals surface area (Å²) in [6.45, 7) is 5.01. The van der Waals surface area contributed by atoms with E-state index in [1.54, 1.807) is 0 Å². The number of ether oxygens (including phenoxy) is 1. The average Bonchev–Trinajstić information content (AvgIpc) is 3.12. The maximum absolute atomic E-state index is 13.0. The standard InChI is InChI=1S/C18H28F3N5O2.HI/c1-2-22-16(26-12-17(5-10-27)6-11-28-13-17)25-9-8-24-15-14(18(19,20)21)4-3-7-23-15;/h3-4,7,27H,2,5-6,8-13H2,1H3,(H,23,24)(H2,22,25,26);1H. The Kier molecular flexibility index (Phi) is 11.0. The Morgan fingerprint density at radius 3 is 2.76 bits per heavy atom. The zero-order chi connectivity index (χ0) is 20.5. The molecule has 0 amide bonds. The highest BCUT2D eigenvalue weighted by atomic mass is 127. The summed E-state index contributed by atoms with van der Waals surface area (Å²) in [4.78, 5) is 8.34. The third-order valence-corrected chi connectivity index (χ3v) is 4.57. The van der Waals surface area contributed by atoms with Crippen molar-refractivity contribution in [3.8, 4) is 0 Å². The number of aromatic nitrogens is 1. The van der Waals surface area contributed by atoms with Crippen molar-refractivity contribution in [1.29, 1.82) is 0 Å². The quantitative estimate of drug-likeness (QED) is 0.170.